The molecule has 7 rings (SSSR count). The van der Waals surface area contributed by atoms with Crippen molar-refractivity contribution in [2.24, 2.45) is 17.8 Å². The van der Waals surface area contributed by atoms with Gasteiger partial charge in [-0.05, 0) is 104 Å². The number of amides is 2. The van der Waals surface area contributed by atoms with Gasteiger partial charge in [-0.25, -0.2) is 8.42 Å². The number of aryl methyl sites for hydroxylation is 1. The minimum Gasteiger partial charge on any atom is -0.354 e. The molecule has 7 nitrogen and oxygen atoms in total. The van der Waals surface area contributed by atoms with E-state index in [-0.39, 0.29) is 17.9 Å². The van der Waals surface area contributed by atoms with Crippen molar-refractivity contribution in [3.63, 3.8) is 0 Å². The molecule has 250 valence electrons. The minimum absolute atomic E-state index is 0.179. The Bertz CT molecular complexity index is 1620. The van der Waals surface area contributed by atoms with Crippen LogP contribution in [0.5, 0.6) is 0 Å². The fraction of sp³-hybridized carbons (Fsp3) is 0.487. The van der Waals surface area contributed by atoms with Gasteiger partial charge in [-0.2, -0.15) is 0 Å². The highest BCUT2D eigenvalue weighted by atomic mass is 32.2. The van der Waals surface area contributed by atoms with Gasteiger partial charge >= 0.3 is 0 Å². The molecule has 0 radical (unpaired) electrons. The molecule has 47 heavy (non-hydrogen) atoms. The molecule has 4 aliphatic rings. The molecule has 0 aliphatic heterocycles. The second-order valence-electron chi connectivity index (χ2n) is 14.5. The number of carbonyl (C=O) groups excluding carboxylic acids is 2. The molecule has 4 aliphatic carbocycles. The van der Waals surface area contributed by atoms with Crippen LogP contribution < -0.4 is 9.62 Å². The lowest BCUT2D eigenvalue weighted by Crippen LogP contribution is -2.53. The van der Waals surface area contributed by atoms with E-state index < -0.39 is 28.5 Å². The molecule has 3 aromatic rings. The van der Waals surface area contributed by atoms with Crippen molar-refractivity contribution in [1.29, 1.82) is 0 Å². The van der Waals surface area contributed by atoms with E-state index in [1.165, 1.54) is 48.4 Å². The molecule has 4 bridgehead atoms. The van der Waals surface area contributed by atoms with Gasteiger partial charge in [-0.3, -0.25) is 13.9 Å². The van der Waals surface area contributed by atoms with Crippen LogP contribution in [0.15, 0.2) is 78.9 Å². The van der Waals surface area contributed by atoms with Crippen LogP contribution in [0.25, 0.3) is 0 Å². The molecule has 0 heterocycles. The predicted molar refractivity (Wildman–Crippen MR) is 187 cm³/mol. The lowest BCUT2D eigenvalue weighted by molar-refractivity contribution is -0.140. The van der Waals surface area contributed by atoms with Crippen LogP contribution >= 0.6 is 0 Å². The Labute approximate surface area is 280 Å². The molecule has 4 fully saturated rings. The van der Waals surface area contributed by atoms with Gasteiger partial charge in [0.1, 0.15) is 12.6 Å². The number of hydrogen-bond donors (Lipinski definition) is 1. The molecule has 1 atom stereocenters. The molecule has 4 saturated carbocycles. The van der Waals surface area contributed by atoms with E-state index in [4.69, 9.17) is 0 Å². The van der Waals surface area contributed by atoms with Crippen molar-refractivity contribution >= 4 is 27.5 Å². The maximum absolute atomic E-state index is 14.4. The largest absolute Gasteiger partial charge is 0.354 e. The van der Waals surface area contributed by atoms with Gasteiger partial charge in [0.15, 0.2) is 0 Å². The van der Waals surface area contributed by atoms with Crippen LogP contribution in [-0.2, 0) is 38.0 Å². The third-order valence-corrected chi connectivity index (χ3v) is 11.9. The summed E-state index contributed by atoms with van der Waals surface area (Å²) >= 11 is 0. The van der Waals surface area contributed by atoms with Crippen molar-refractivity contribution in [1.82, 2.24) is 10.2 Å². The van der Waals surface area contributed by atoms with Gasteiger partial charge < -0.3 is 10.2 Å². The van der Waals surface area contributed by atoms with Crippen molar-refractivity contribution in [3.05, 3.63) is 101 Å². The summed E-state index contributed by atoms with van der Waals surface area (Å²) in [6.45, 7) is 4.26. The Hall–Kier alpha value is -3.65. The SMILES string of the molecule is CCCNC(=O)[C@@H](Cc1ccccc1)N(Cc1ccc(C)cc1)C(=O)CN(c1ccc(C23CC4CC(CC(C4)C2)C3)cc1)S(C)(=O)=O. The molecular formula is C39H49N3O4S. The highest BCUT2D eigenvalue weighted by Crippen LogP contribution is 2.60. The summed E-state index contributed by atoms with van der Waals surface area (Å²) in [5.41, 5.74) is 4.85. The Kier molecular flexibility index (Phi) is 9.79. The van der Waals surface area contributed by atoms with Gasteiger partial charge in [0.05, 0.1) is 11.9 Å². The molecule has 2 amide bonds. The number of sulfonamides is 1. The molecule has 0 unspecified atom stereocenters. The van der Waals surface area contributed by atoms with E-state index in [2.05, 4.69) is 17.4 Å². The number of rotatable bonds is 13. The van der Waals surface area contributed by atoms with E-state index in [1.54, 1.807) is 4.90 Å². The fourth-order valence-corrected chi connectivity index (χ4v) is 9.72. The summed E-state index contributed by atoms with van der Waals surface area (Å²) in [6, 6.07) is 24.7. The van der Waals surface area contributed by atoms with Gasteiger partial charge in [0.25, 0.3) is 0 Å². The van der Waals surface area contributed by atoms with E-state index >= 15 is 0 Å². The zero-order valence-corrected chi connectivity index (χ0v) is 28.8. The summed E-state index contributed by atoms with van der Waals surface area (Å²) in [5.74, 6) is 1.76. The van der Waals surface area contributed by atoms with E-state index in [0.29, 0.717) is 18.7 Å². The lowest BCUT2D eigenvalue weighted by Gasteiger charge is -2.57. The molecule has 3 aromatic carbocycles. The molecule has 0 aromatic heterocycles. The van der Waals surface area contributed by atoms with Gasteiger partial charge in [-0.1, -0.05) is 79.2 Å². The van der Waals surface area contributed by atoms with E-state index in [0.717, 1.165) is 47.1 Å². The first kappa shape index (κ1) is 33.3. The van der Waals surface area contributed by atoms with Crippen molar-refractivity contribution in [3.8, 4) is 0 Å². The minimum atomic E-state index is -3.82. The first-order valence-corrected chi connectivity index (χ1v) is 19.1. The molecular weight excluding hydrogens is 607 g/mol. The maximum atomic E-state index is 14.4. The Morgan fingerprint density at radius 2 is 1.45 bits per heavy atom. The van der Waals surface area contributed by atoms with Crippen LogP contribution in [0.4, 0.5) is 5.69 Å². The highest BCUT2D eigenvalue weighted by Gasteiger charge is 2.51. The zero-order valence-electron chi connectivity index (χ0n) is 28.0. The third-order valence-electron chi connectivity index (χ3n) is 10.8. The monoisotopic (exact) mass is 655 g/mol. The van der Waals surface area contributed by atoms with Gasteiger partial charge in [0.2, 0.25) is 21.8 Å². The Balaban J connectivity index is 1.29. The molecule has 1 N–H and O–H groups in total. The number of hydrogen-bond acceptors (Lipinski definition) is 4. The Morgan fingerprint density at radius 1 is 0.851 bits per heavy atom. The lowest BCUT2D eigenvalue weighted by atomic mass is 9.48. The van der Waals surface area contributed by atoms with Gasteiger partial charge in [0, 0.05) is 19.5 Å². The number of nitrogens with zero attached hydrogens (tertiary/aromatic N) is 2. The topological polar surface area (TPSA) is 86.8 Å². The fourth-order valence-electron chi connectivity index (χ4n) is 8.87. The smallest absolute Gasteiger partial charge is 0.244 e. The summed E-state index contributed by atoms with van der Waals surface area (Å²) in [4.78, 5) is 29.7. The van der Waals surface area contributed by atoms with Crippen LogP contribution in [0.2, 0.25) is 0 Å². The predicted octanol–water partition coefficient (Wildman–Crippen LogP) is 6.40. The first-order valence-electron chi connectivity index (χ1n) is 17.3. The van der Waals surface area contributed by atoms with Crippen LogP contribution in [-0.4, -0.2) is 50.5 Å². The van der Waals surface area contributed by atoms with Crippen LogP contribution in [0.1, 0.15) is 74.1 Å². The second kappa shape index (κ2) is 13.8. The summed E-state index contributed by atoms with van der Waals surface area (Å²) in [7, 11) is -3.82. The van der Waals surface area contributed by atoms with Crippen molar-refractivity contribution in [2.45, 2.75) is 83.2 Å². The molecule has 0 spiro atoms. The number of carbonyl (C=O) groups is 2. The summed E-state index contributed by atoms with van der Waals surface area (Å²) in [5, 5.41) is 2.99. The molecule has 0 saturated heterocycles. The number of benzene rings is 3. The number of nitrogens with one attached hydrogen (secondary N) is 1. The summed E-state index contributed by atoms with van der Waals surface area (Å²) < 4.78 is 27.8. The average Bonchev–Trinajstić information content (AvgIpc) is 3.04. The Morgan fingerprint density at radius 3 is 2.00 bits per heavy atom. The van der Waals surface area contributed by atoms with Gasteiger partial charge in [-0.15, -0.1) is 0 Å². The van der Waals surface area contributed by atoms with E-state index in [1.807, 2.05) is 80.6 Å². The van der Waals surface area contributed by atoms with Crippen LogP contribution in [0.3, 0.4) is 0 Å². The van der Waals surface area contributed by atoms with E-state index in [9.17, 15) is 18.0 Å². The quantitative estimate of drug-likeness (QED) is 0.231. The average molecular weight is 656 g/mol. The normalized spacial score (nSPS) is 23.7. The first-order chi connectivity index (χ1) is 22.5. The van der Waals surface area contributed by atoms with Crippen LogP contribution in [0, 0.1) is 24.7 Å². The zero-order chi connectivity index (χ0) is 33.2. The standard InChI is InChI=1S/C39H49N3O4S/c1-4-18-40-38(44)36(22-29-8-6-5-7-9-29)41(26-30-12-10-28(2)11-13-30)37(43)27-42(47(3,45)46)35-16-14-34(15-17-35)39-23-31-19-32(24-39)21-33(20-31)25-39/h5-17,31-33,36H,4,18-27H2,1-3H3,(H,40,44)/t31?,32?,33?,36-,39?/m1/s1. The third kappa shape index (κ3) is 7.58. The summed E-state index contributed by atoms with van der Waals surface area (Å²) in [6.07, 6.45) is 9.99. The highest BCUT2D eigenvalue weighted by molar-refractivity contribution is 7.92. The maximum Gasteiger partial charge on any atom is 0.244 e. The number of anilines is 1. The second-order valence-corrected chi connectivity index (χ2v) is 16.4. The van der Waals surface area contributed by atoms with Crippen molar-refractivity contribution < 1.29 is 18.0 Å². The van der Waals surface area contributed by atoms with Crippen molar-refractivity contribution in [2.75, 3.05) is 23.7 Å². The molecule has 8 heteroatoms.